The van der Waals surface area contributed by atoms with E-state index in [0.29, 0.717) is 11.6 Å². The number of nitrogens with one attached hydrogen (secondary N) is 1. The van der Waals surface area contributed by atoms with Gasteiger partial charge in [0.15, 0.2) is 0 Å². The average molecular weight is 436 g/mol. The largest absolute Gasteiger partial charge is 0.315 e. The monoisotopic (exact) mass is 436 g/mol. The third-order valence-corrected chi connectivity index (χ3v) is 6.45. The molecular weight excluding hydrogens is 418 g/mol. The van der Waals surface area contributed by atoms with Crippen LogP contribution in [0, 0.1) is 11.6 Å². The predicted molar refractivity (Wildman–Crippen MR) is 116 cm³/mol. The lowest BCUT2D eigenvalue weighted by Gasteiger charge is -2.25. The fraction of sp³-hybridized carbons (Fsp3) is 0.174. The average Bonchev–Trinajstić information content (AvgIpc) is 3.17. The van der Waals surface area contributed by atoms with Crippen molar-refractivity contribution in [3.63, 3.8) is 0 Å². The smallest absolute Gasteiger partial charge is 0.267 e. The van der Waals surface area contributed by atoms with E-state index in [0.717, 1.165) is 35.3 Å². The van der Waals surface area contributed by atoms with Crippen LogP contribution >= 0.6 is 11.3 Å². The van der Waals surface area contributed by atoms with Gasteiger partial charge in [0.2, 0.25) is 0 Å². The van der Waals surface area contributed by atoms with Crippen molar-refractivity contribution in [1.29, 1.82) is 0 Å². The van der Waals surface area contributed by atoms with Crippen molar-refractivity contribution in [2.24, 2.45) is 0 Å². The molecule has 0 bridgehead atoms. The van der Waals surface area contributed by atoms with Gasteiger partial charge in [-0.3, -0.25) is 4.79 Å². The van der Waals surface area contributed by atoms with Gasteiger partial charge in [0, 0.05) is 53.3 Å². The second-order valence-corrected chi connectivity index (χ2v) is 8.56. The molecule has 2 aromatic heterocycles. The van der Waals surface area contributed by atoms with Gasteiger partial charge in [-0.15, -0.1) is 11.3 Å². The van der Waals surface area contributed by atoms with Crippen molar-refractivity contribution in [3.8, 4) is 21.8 Å². The molecule has 5 rings (SSSR count). The normalized spacial score (nSPS) is 13.9. The Morgan fingerprint density at radius 1 is 1.03 bits per heavy atom. The highest BCUT2D eigenvalue weighted by Crippen LogP contribution is 2.31. The Labute approximate surface area is 181 Å². The molecule has 0 radical (unpaired) electrons. The first-order valence-corrected chi connectivity index (χ1v) is 10.7. The van der Waals surface area contributed by atoms with Crippen molar-refractivity contribution in [3.05, 3.63) is 93.2 Å². The summed E-state index contributed by atoms with van der Waals surface area (Å²) >= 11 is 1.68. The number of benzene rings is 2. The summed E-state index contributed by atoms with van der Waals surface area (Å²) in [6.45, 7) is 2.21. The van der Waals surface area contributed by atoms with Gasteiger partial charge in [-0.2, -0.15) is 5.10 Å². The molecule has 0 amide bonds. The maximum Gasteiger partial charge on any atom is 0.267 e. The Morgan fingerprint density at radius 3 is 2.58 bits per heavy atom. The van der Waals surface area contributed by atoms with Gasteiger partial charge in [0.1, 0.15) is 16.6 Å². The van der Waals surface area contributed by atoms with Crippen molar-refractivity contribution in [2.45, 2.75) is 12.5 Å². The van der Waals surface area contributed by atoms with Gasteiger partial charge >= 0.3 is 0 Å². The van der Waals surface area contributed by atoms with E-state index in [9.17, 15) is 13.6 Å². The van der Waals surface area contributed by atoms with E-state index in [-0.39, 0.29) is 17.7 Å². The Morgan fingerprint density at radius 2 is 1.84 bits per heavy atom. The van der Waals surface area contributed by atoms with Crippen molar-refractivity contribution in [2.75, 3.05) is 13.1 Å². The Kier molecular flexibility index (Phi) is 5.17. The molecule has 31 heavy (non-hydrogen) atoms. The minimum atomic E-state index is -0.692. The van der Waals surface area contributed by atoms with Crippen molar-refractivity contribution >= 4 is 11.3 Å². The van der Waals surface area contributed by atoms with Gasteiger partial charge in [0.05, 0.1) is 12.2 Å². The third kappa shape index (κ3) is 4.17. The van der Waals surface area contributed by atoms with E-state index < -0.39 is 11.6 Å². The Bertz CT molecular complexity index is 1290. The van der Waals surface area contributed by atoms with Crippen LogP contribution in [0.15, 0.2) is 65.6 Å². The van der Waals surface area contributed by atoms with Gasteiger partial charge in [-0.1, -0.05) is 18.2 Å². The van der Waals surface area contributed by atoms with Crippen molar-refractivity contribution < 1.29 is 8.78 Å². The first-order valence-electron chi connectivity index (χ1n) is 9.85. The van der Waals surface area contributed by atoms with E-state index in [1.807, 2.05) is 30.5 Å². The van der Waals surface area contributed by atoms with Crippen LogP contribution in [0.25, 0.3) is 21.8 Å². The minimum absolute atomic E-state index is 0.239. The van der Waals surface area contributed by atoms with E-state index >= 15 is 0 Å². The molecule has 156 valence electrons. The zero-order valence-corrected chi connectivity index (χ0v) is 17.2. The number of thiazole rings is 1. The summed E-state index contributed by atoms with van der Waals surface area (Å²) in [6, 6.07) is 13.8. The zero-order chi connectivity index (χ0) is 21.4. The molecule has 0 spiro atoms. The summed E-state index contributed by atoms with van der Waals surface area (Å²) in [6.07, 6.45) is 1.94. The van der Waals surface area contributed by atoms with Gasteiger partial charge in [-0.05, 0) is 29.8 Å². The number of hydrogen-bond donors (Lipinski definition) is 1. The highest BCUT2D eigenvalue weighted by atomic mass is 32.1. The molecule has 1 fully saturated rings. The number of nitrogens with zero attached hydrogens (tertiary/aromatic N) is 3. The molecule has 0 aliphatic carbocycles. The van der Waals surface area contributed by atoms with Gasteiger partial charge in [0.25, 0.3) is 5.56 Å². The Hall–Kier alpha value is -3.23. The van der Waals surface area contributed by atoms with E-state index in [2.05, 4.69) is 15.4 Å². The molecule has 0 atom stereocenters. The Balaban J connectivity index is 1.43. The number of halogens is 2. The lowest BCUT2D eigenvalue weighted by molar-refractivity contribution is 0.454. The predicted octanol–water partition coefficient (Wildman–Crippen LogP) is 4.05. The highest BCUT2D eigenvalue weighted by molar-refractivity contribution is 7.15. The number of hydrogen-bond acceptors (Lipinski definition) is 5. The fourth-order valence-corrected chi connectivity index (χ4v) is 4.50. The molecule has 1 aliphatic rings. The van der Waals surface area contributed by atoms with Crippen LogP contribution in [0.1, 0.15) is 16.4 Å². The van der Waals surface area contributed by atoms with E-state index in [1.165, 1.54) is 33.8 Å². The zero-order valence-electron chi connectivity index (χ0n) is 16.4. The third-order valence-electron chi connectivity index (χ3n) is 5.24. The lowest BCUT2D eigenvalue weighted by atomic mass is 10.0. The second kappa shape index (κ2) is 8.13. The quantitative estimate of drug-likeness (QED) is 0.513. The summed E-state index contributed by atoms with van der Waals surface area (Å²) < 4.78 is 28.5. The van der Waals surface area contributed by atoms with E-state index in [1.54, 1.807) is 11.3 Å². The van der Waals surface area contributed by atoms with Crippen LogP contribution in [0.2, 0.25) is 0 Å². The maximum atomic E-state index is 13.6. The molecule has 1 saturated heterocycles. The van der Waals surface area contributed by atoms with Crippen LogP contribution in [0.3, 0.4) is 0 Å². The lowest BCUT2D eigenvalue weighted by Crippen LogP contribution is -2.39. The molecule has 1 N–H and O–H groups in total. The van der Waals surface area contributed by atoms with Crippen LogP contribution in [0.5, 0.6) is 0 Å². The van der Waals surface area contributed by atoms with Crippen LogP contribution in [0.4, 0.5) is 8.78 Å². The standard InChI is InChI=1S/C23H18F2N4OS/c24-18-7-16(8-19(25)9-18)20-4-5-22(30)29(28-20)13-14-2-1-3-15(6-14)23-27-12-21(31-23)17-10-26-11-17/h1-9,12,17,26H,10-11,13H2. The van der Waals surface area contributed by atoms with Crippen LogP contribution in [-0.4, -0.2) is 27.9 Å². The topological polar surface area (TPSA) is 59.8 Å². The maximum absolute atomic E-state index is 13.6. The fourth-order valence-electron chi connectivity index (χ4n) is 3.49. The summed E-state index contributed by atoms with van der Waals surface area (Å²) in [5, 5.41) is 8.53. The van der Waals surface area contributed by atoms with Gasteiger partial charge in [-0.25, -0.2) is 18.4 Å². The SMILES string of the molecule is O=c1ccc(-c2cc(F)cc(F)c2)nn1Cc1cccc(-c2ncc(C3CNC3)s2)c1. The molecule has 2 aromatic carbocycles. The molecule has 5 nitrogen and oxygen atoms in total. The molecule has 4 aromatic rings. The molecular formula is C23H18F2N4OS. The number of rotatable bonds is 5. The highest BCUT2D eigenvalue weighted by Gasteiger charge is 2.21. The summed E-state index contributed by atoms with van der Waals surface area (Å²) in [4.78, 5) is 18.2. The molecule has 1 aliphatic heterocycles. The first kappa shape index (κ1) is 19.7. The van der Waals surface area contributed by atoms with Crippen LogP contribution in [-0.2, 0) is 6.54 Å². The summed E-state index contributed by atoms with van der Waals surface area (Å²) in [5.74, 6) is -0.849. The summed E-state index contributed by atoms with van der Waals surface area (Å²) in [5.41, 5.74) is 2.18. The summed E-state index contributed by atoms with van der Waals surface area (Å²) in [7, 11) is 0. The molecule has 8 heteroatoms. The van der Waals surface area contributed by atoms with Crippen molar-refractivity contribution in [1.82, 2.24) is 20.1 Å². The molecule has 0 unspecified atom stereocenters. The number of aromatic nitrogens is 3. The molecule has 3 heterocycles. The van der Waals surface area contributed by atoms with Crippen LogP contribution < -0.4 is 10.9 Å². The van der Waals surface area contributed by atoms with E-state index in [4.69, 9.17) is 0 Å². The second-order valence-electron chi connectivity index (χ2n) is 7.50. The minimum Gasteiger partial charge on any atom is -0.315 e. The van der Waals surface area contributed by atoms with Gasteiger partial charge < -0.3 is 5.32 Å². The molecule has 0 saturated carbocycles. The first-order chi connectivity index (χ1) is 15.0.